The summed E-state index contributed by atoms with van der Waals surface area (Å²) >= 11 is 6.95. The van der Waals surface area contributed by atoms with Crippen LogP contribution in [0.1, 0.15) is 24.5 Å². The molecular weight excluding hydrogens is 424 g/mol. The van der Waals surface area contributed by atoms with E-state index in [0.717, 1.165) is 23.2 Å². The molecule has 1 atom stereocenters. The maximum absolute atomic E-state index is 12.2. The topological polar surface area (TPSA) is 70.1 Å². The van der Waals surface area contributed by atoms with Gasteiger partial charge in [-0.2, -0.15) is 10.2 Å². The summed E-state index contributed by atoms with van der Waals surface area (Å²) in [5, 5.41) is 11.1. The van der Waals surface area contributed by atoms with Gasteiger partial charge >= 0.3 is 0 Å². The van der Waals surface area contributed by atoms with Gasteiger partial charge in [-0.25, -0.2) is 5.43 Å². The number of rotatable bonds is 4. The van der Waals surface area contributed by atoms with Crippen molar-refractivity contribution in [2.24, 2.45) is 10.5 Å². The van der Waals surface area contributed by atoms with Crippen LogP contribution in [0.4, 0.5) is 0 Å². The average Bonchev–Trinajstić information content (AvgIpc) is 2.86. The average molecular weight is 440 g/mol. The zero-order chi connectivity index (χ0) is 16.7. The highest BCUT2D eigenvalue weighted by Crippen LogP contribution is 2.66. The molecule has 1 heterocycles. The minimum absolute atomic E-state index is 0.122. The van der Waals surface area contributed by atoms with E-state index >= 15 is 0 Å². The normalized spacial score (nSPS) is 22.3. The Balaban J connectivity index is 1.71. The third-order valence-electron chi connectivity index (χ3n) is 4.14. The molecule has 1 aromatic heterocycles. The summed E-state index contributed by atoms with van der Waals surface area (Å²) in [6.45, 7) is 3.93. The number of carbonyl (C=O) groups is 1. The fourth-order valence-electron chi connectivity index (χ4n) is 2.27. The van der Waals surface area contributed by atoms with Gasteiger partial charge in [0.15, 0.2) is 0 Å². The fourth-order valence-corrected chi connectivity index (χ4v) is 3.76. The van der Waals surface area contributed by atoms with E-state index in [2.05, 4.69) is 52.6 Å². The maximum atomic E-state index is 12.2. The van der Waals surface area contributed by atoms with Gasteiger partial charge in [0.1, 0.15) is 0 Å². The van der Waals surface area contributed by atoms with Crippen LogP contribution in [0.5, 0.6) is 0 Å². The first-order valence-electron chi connectivity index (χ1n) is 7.15. The standard InChI is InChI=1S/C16H16Br2N4O/c1-10-3-5-11(6-4-10)13-12(7-19-21-13)8-20-22-14(23)15(2)9-16(15,17)18/h3-8H,9H2,1-2H3,(H,19,21)(H,22,23). The van der Waals surface area contributed by atoms with Crippen LogP contribution in [-0.4, -0.2) is 25.6 Å². The molecule has 1 amide bonds. The third kappa shape index (κ3) is 3.12. The Morgan fingerprint density at radius 3 is 2.65 bits per heavy atom. The van der Waals surface area contributed by atoms with Crippen molar-refractivity contribution < 1.29 is 4.79 Å². The number of nitrogens with zero attached hydrogens (tertiary/aromatic N) is 2. The number of amides is 1. The SMILES string of the molecule is Cc1ccc(-c2[nH]ncc2C=NNC(=O)C2(C)CC2(Br)Br)cc1. The van der Waals surface area contributed by atoms with Crippen LogP contribution in [0.25, 0.3) is 11.3 Å². The molecule has 5 nitrogen and oxygen atoms in total. The van der Waals surface area contributed by atoms with Crippen molar-refractivity contribution in [1.29, 1.82) is 0 Å². The van der Waals surface area contributed by atoms with E-state index in [-0.39, 0.29) is 9.14 Å². The Hall–Kier alpha value is -1.47. The lowest BCUT2D eigenvalue weighted by Crippen LogP contribution is -2.29. The van der Waals surface area contributed by atoms with Gasteiger partial charge in [0.25, 0.3) is 0 Å². The Bertz CT molecular complexity index is 767. The zero-order valence-electron chi connectivity index (χ0n) is 12.7. The molecule has 0 saturated heterocycles. The van der Waals surface area contributed by atoms with Gasteiger partial charge in [0.05, 0.1) is 26.8 Å². The van der Waals surface area contributed by atoms with Crippen LogP contribution < -0.4 is 5.43 Å². The second-order valence-corrected chi connectivity index (χ2v) is 9.75. The van der Waals surface area contributed by atoms with Gasteiger partial charge in [-0.1, -0.05) is 61.7 Å². The quantitative estimate of drug-likeness (QED) is 0.432. The Labute approximate surface area is 151 Å². The van der Waals surface area contributed by atoms with Crippen molar-refractivity contribution in [2.75, 3.05) is 0 Å². The summed E-state index contributed by atoms with van der Waals surface area (Å²) in [6.07, 6.45) is 4.01. The molecule has 3 rings (SSSR count). The number of nitrogens with one attached hydrogen (secondary N) is 2. The minimum Gasteiger partial charge on any atom is -0.277 e. The number of benzene rings is 1. The molecule has 7 heteroatoms. The van der Waals surface area contributed by atoms with Crippen molar-refractivity contribution in [3.63, 3.8) is 0 Å². The highest BCUT2D eigenvalue weighted by atomic mass is 79.9. The minimum atomic E-state index is -0.486. The first-order valence-corrected chi connectivity index (χ1v) is 8.74. The van der Waals surface area contributed by atoms with Crippen molar-refractivity contribution >= 4 is 44.0 Å². The van der Waals surface area contributed by atoms with E-state index in [9.17, 15) is 4.79 Å². The number of aromatic nitrogens is 2. The lowest BCUT2D eigenvalue weighted by Gasteiger charge is -2.09. The number of hydrazone groups is 1. The fraction of sp³-hybridized carbons (Fsp3) is 0.312. The Morgan fingerprint density at radius 1 is 1.39 bits per heavy atom. The van der Waals surface area contributed by atoms with Gasteiger partial charge in [-0.3, -0.25) is 9.89 Å². The molecule has 0 bridgehead atoms. The predicted octanol–water partition coefficient (Wildman–Crippen LogP) is 3.73. The molecule has 0 spiro atoms. The Morgan fingerprint density at radius 2 is 2.04 bits per heavy atom. The molecule has 1 unspecified atom stereocenters. The number of carbonyl (C=O) groups excluding carboxylic acids is 1. The third-order valence-corrected chi connectivity index (χ3v) is 6.45. The summed E-state index contributed by atoms with van der Waals surface area (Å²) in [6, 6.07) is 8.12. The predicted molar refractivity (Wildman–Crippen MR) is 97.8 cm³/mol. The summed E-state index contributed by atoms with van der Waals surface area (Å²) in [4.78, 5) is 12.2. The van der Waals surface area contributed by atoms with E-state index < -0.39 is 5.41 Å². The summed E-state index contributed by atoms with van der Waals surface area (Å²) in [5.41, 5.74) is 6.02. The van der Waals surface area contributed by atoms with Crippen LogP contribution in [0.2, 0.25) is 0 Å². The molecule has 23 heavy (non-hydrogen) atoms. The van der Waals surface area contributed by atoms with Crippen molar-refractivity contribution in [3.8, 4) is 11.3 Å². The van der Waals surface area contributed by atoms with E-state index in [1.165, 1.54) is 5.56 Å². The summed E-state index contributed by atoms with van der Waals surface area (Å²) < 4.78 is -0.324. The van der Waals surface area contributed by atoms with E-state index in [0.29, 0.717) is 0 Å². The Kier molecular flexibility index (Phi) is 4.18. The van der Waals surface area contributed by atoms with Crippen LogP contribution in [-0.2, 0) is 4.79 Å². The molecule has 2 N–H and O–H groups in total. The molecule has 1 aliphatic carbocycles. The first kappa shape index (κ1) is 16.4. The van der Waals surface area contributed by atoms with E-state index in [1.54, 1.807) is 12.4 Å². The molecule has 0 aliphatic heterocycles. The second kappa shape index (κ2) is 5.87. The highest BCUT2D eigenvalue weighted by Gasteiger charge is 2.66. The number of aromatic amines is 1. The van der Waals surface area contributed by atoms with E-state index in [4.69, 9.17) is 0 Å². The van der Waals surface area contributed by atoms with Gasteiger partial charge in [-0.15, -0.1) is 0 Å². The molecule has 2 aromatic rings. The van der Waals surface area contributed by atoms with Gasteiger partial charge < -0.3 is 0 Å². The number of halogens is 2. The highest BCUT2D eigenvalue weighted by molar-refractivity contribution is 9.25. The monoisotopic (exact) mass is 438 g/mol. The molecule has 1 aliphatic rings. The summed E-state index contributed by atoms with van der Waals surface area (Å²) in [5.74, 6) is -0.122. The van der Waals surface area contributed by atoms with Crippen molar-refractivity contribution in [2.45, 2.75) is 23.5 Å². The lowest BCUT2D eigenvalue weighted by atomic mass is 10.1. The first-order chi connectivity index (χ1) is 10.8. The molecule has 0 radical (unpaired) electrons. The number of alkyl halides is 2. The number of aryl methyl sites for hydroxylation is 1. The number of hydrogen-bond donors (Lipinski definition) is 2. The number of H-pyrrole nitrogens is 1. The largest absolute Gasteiger partial charge is 0.277 e. The van der Waals surface area contributed by atoms with Crippen LogP contribution in [0.3, 0.4) is 0 Å². The van der Waals surface area contributed by atoms with Crippen LogP contribution >= 0.6 is 31.9 Å². The van der Waals surface area contributed by atoms with Gasteiger partial charge in [0, 0.05) is 11.1 Å². The summed E-state index contributed by atoms with van der Waals surface area (Å²) in [7, 11) is 0. The lowest BCUT2D eigenvalue weighted by molar-refractivity contribution is -0.125. The molecule has 1 fully saturated rings. The molecule has 1 aromatic carbocycles. The van der Waals surface area contributed by atoms with Gasteiger partial charge in [0.2, 0.25) is 5.91 Å². The van der Waals surface area contributed by atoms with Crippen molar-refractivity contribution in [3.05, 3.63) is 41.6 Å². The maximum Gasteiger partial charge on any atom is 0.248 e. The number of hydrogen-bond acceptors (Lipinski definition) is 3. The molecule has 1 saturated carbocycles. The van der Waals surface area contributed by atoms with E-state index in [1.807, 2.05) is 38.1 Å². The zero-order valence-corrected chi connectivity index (χ0v) is 15.9. The van der Waals surface area contributed by atoms with Crippen LogP contribution in [0, 0.1) is 12.3 Å². The van der Waals surface area contributed by atoms with Crippen molar-refractivity contribution in [1.82, 2.24) is 15.6 Å². The van der Waals surface area contributed by atoms with Gasteiger partial charge in [-0.05, 0) is 20.3 Å². The molecular formula is C16H16Br2N4O. The van der Waals surface area contributed by atoms with Crippen LogP contribution in [0.15, 0.2) is 35.6 Å². The second-order valence-electron chi connectivity index (χ2n) is 5.98. The molecule has 120 valence electrons. The smallest absolute Gasteiger partial charge is 0.248 e.